The van der Waals surface area contributed by atoms with E-state index >= 15 is 0 Å². The molecule has 1 aromatic heterocycles. The van der Waals surface area contributed by atoms with Crippen LogP contribution in [-0.4, -0.2) is 42.4 Å². The minimum absolute atomic E-state index is 0.108. The van der Waals surface area contributed by atoms with Crippen LogP contribution in [0.1, 0.15) is 10.4 Å². The molecule has 0 bridgehead atoms. The Hall–Kier alpha value is -3.39. The maximum atomic E-state index is 13.0. The van der Waals surface area contributed by atoms with Crippen molar-refractivity contribution in [3.05, 3.63) is 76.9 Å². The molecule has 7 nitrogen and oxygen atoms in total. The normalized spacial score (nSPS) is 10.2. The largest absolute Gasteiger partial charge is 0.495 e. The van der Waals surface area contributed by atoms with Crippen molar-refractivity contribution < 1.29 is 14.3 Å². The highest BCUT2D eigenvalue weighted by atomic mass is 79.9. The topological polar surface area (TPSA) is 83.6 Å². The average Bonchev–Trinajstić information content (AvgIpc) is 2.75. The highest BCUT2D eigenvalue weighted by Crippen LogP contribution is 2.28. The summed E-state index contributed by atoms with van der Waals surface area (Å²) in [6, 6.07) is 18.0. The third-order valence-corrected chi connectivity index (χ3v) is 4.97. The molecule has 3 aromatic rings. The van der Waals surface area contributed by atoms with Crippen LogP contribution in [0.2, 0.25) is 0 Å². The Labute approximate surface area is 183 Å². The number of methoxy groups -OCH3 is 1. The molecule has 0 fully saturated rings. The number of rotatable bonds is 7. The quantitative estimate of drug-likeness (QED) is 0.539. The molecule has 0 unspecified atom stereocenters. The number of ether oxygens (including phenoxy) is 1. The SMILES string of the molecule is COc1ccccc1Nc1ncccc1C(=O)N(C)CC(=O)Nc1ccccc1Br. The molecule has 1 heterocycles. The van der Waals surface area contributed by atoms with Crippen LogP contribution in [0.25, 0.3) is 0 Å². The van der Waals surface area contributed by atoms with Crippen molar-refractivity contribution in [3.8, 4) is 5.75 Å². The van der Waals surface area contributed by atoms with Gasteiger partial charge in [0.2, 0.25) is 5.91 Å². The Kier molecular flexibility index (Phi) is 7.03. The smallest absolute Gasteiger partial charge is 0.257 e. The maximum Gasteiger partial charge on any atom is 0.257 e. The first-order valence-corrected chi connectivity index (χ1v) is 9.94. The maximum absolute atomic E-state index is 13.0. The van der Waals surface area contributed by atoms with E-state index < -0.39 is 0 Å². The number of carbonyl (C=O) groups excluding carboxylic acids is 2. The molecule has 0 saturated heterocycles. The summed E-state index contributed by atoms with van der Waals surface area (Å²) in [6.45, 7) is -0.108. The van der Waals surface area contributed by atoms with Gasteiger partial charge in [0.15, 0.2) is 0 Å². The minimum Gasteiger partial charge on any atom is -0.495 e. The van der Waals surface area contributed by atoms with Crippen LogP contribution in [0.3, 0.4) is 0 Å². The molecule has 154 valence electrons. The molecule has 0 aliphatic heterocycles. The number of halogens is 1. The molecule has 8 heteroatoms. The van der Waals surface area contributed by atoms with E-state index in [1.54, 1.807) is 38.6 Å². The lowest BCUT2D eigenvalue weighted by molar-refractivity contribution is -0.116. The Morgan fingerprint density at radius 3 is 2.47 bits per heavy atom. The monoisotopic (exact) mass is 468 g/mol. The van der Waals surface area contributed by atoms with Crippen LogP contribution in [-0.2, 0) is 4.79 Å². The van der Waals surface area contributed by atoms with E-state index in [2.05, 4.69) is 31.5 Å². The van der Waals surface area contributed by atoms with Gasteiger partial charge < -0.3 is 20.3 Å². The van der Waals surface area contributed by atoms with E-state index in [1.165, 1.54) is 4.90 Å². The molecule has 2 amide bonds. The lowest BCUT2D eigenvalue weighted by Gasteiger charge is -2.19. The highest BCUT2D eigenvalue weighted by Gasteiger charge is 2.20. The van der Waals surface area contributed by atoms with Crippen LogP contribution >= 0.6 is 15.9 Å². The highest BCUT2D eigenvalue weighted by molar-refractivity contribution is 9.10. The van der Waals surface area contributed by atoms with Gasteiger partial charge in [0.1, 0.15) is 11.6 Å². The average molecular weight is 469 g/mol. The van der Waals surface area contributed by atoms with Crippen molar-refractivity contribution in [1.29, 1.82) is 0 Å². The van der Waals surface area contributed by atoms with Gasteiger partial charge in [-0.15, -0.1) is 0 Å². The number of carbonyl (C=O) groups is 2. The lowest BCUT2D eigenvalue weighted by atomic mass is 10.2. The van der Waals surface area contributed by atoms with Crippen molar-refractivity contribution in [1.82, 2.24) is 9.88 Å². The van der Waals surface area contributed by atoms with Crippen LogP contribution < -0.4 is 15.4 Å². The summed E-state index contributed by atoms with van der Waals surface area (Å²) in [5, 5.41) is 5.93. The molecule has 0 aliphatic rings. The molecular weight excluding hydrogens is 448 g/mol. The summed E-state index contributed by atoms with van der Waals surface area (Å²) < 4.78 is 6.11. The molecule has 0 atom stereocenters. The summed E-state index contributed by atoms with van der Waals surface area (Å²) in [4.78, 5) is 31.0. The van der Waals surface area contributed by atoms with Gasteiger partial charge in [-0.2, -0.15) is 0 Å². The van der Waals surface area contributed by atoms with E-state index in [4.69, 9.17) is 4.74 Å². The molecule has 2 aromatic carbocycles. The van der Waals surface area contributed by atoms with Gasteiger partial charge >= 0.3 is 0 Å². The molecule has 0 saturated carbocycles. The van der Waals surface area contributed by atoms with Crippen LogP contribution in [0, 0.1) is 0 Å². The third kappa shape index (κ3) is 5.15. The van der Waals surface area contributed by atoms with Crippen molar-refractivity contribution in [2.45, 2.75) is 0 Å². The second kappa shape index (κ2) is 9.89. The Morgan fingerprint density at radius 2 is 1.73 bits per heavy atom. The molecule has 0 spiro atoms. The molecule has 0 radical (unpaired) electrons. The Bertz CT molecular complexity index is 1060. The summed E-state index contributed by atoms with van der Waals surface area (Å²) in [5.74, 6) is 0.372. The van der Waals surface area contributed by atoms with Crippen LogP contribution in [0.5, 0.6) is 5.75 Å². The van der Waals surface area contributed by atoms with Gasteiger partial charge in [0.25, 0.3) is 5.91 Å². The summed E-state index contributed by atoms with van der Waals surface area (Å²) in [7, 11) is 3.14. The van der Waals surface area contributed by atoms with E-state index in [-0.39, 0.29) is 18.4 Å². The van der Waals surface area contributed by atoms with Crippen molar-refractivity contribution >= 4 is 44.9 Å². The Balaban J connectivity index is 1.73. The predicted molar refractivity (Wildman–Crippen MR) is 120 cm³/mol. The molecule has 2 N–H and O–H groups in total. The number of nitrogens with one attached hydrogen (secondary N) is 2. The molecule has 0 aliphatic carbocycles. The Morgan fingerprint density at radius 1 is 1.03 bits per heavy atom. The number of nitrogens with zero attached hydrogens (tertiary/aromatic N) is 2. The van der Waals surface area contributed by atoms with Crippen molar-refractivity contribution in [2.24, 2.45) is 0 Å². The van der Waals surface area contributed by atoms with E-state index in [0.717, 1.165) is 4.47 Å². The van der Waals surface area contributed by atoms with E-state index in [9.17, 15) is 9.59 Å². The summed E-state index contributed by atoms with van der Waals surface area (Å²) in [5.41, 5.74) is 1.67. The zero-order chi connectivity index (χ0) is 21.5. The number of anilines is 3. The fraction of sp³-hybridized carbons (Fsp3) is 0.136. The predicted octanol–water partition coefficient (Wildman–Crippen LogP) is 4.31. The van der Waals surface area contributed by atoms with Gasteiger partial charge in [-0.3, -0.25) is 9.59 Å². The number of aromatic nitrogens is 1. The number of benzene rings is 2. The standard InChI is InChI=1S/C22H21BrN4O3/c1-27(14-20(28)25-17-10-4-3-9-16(17)23)22(29)15-8-7-13-24-21(15)26-18-11-5-6-12-19(18)30-2/h3-13H,14H2,1-2H3,(H,24,26)(H,25,28). The lowest BCUT2D eigenvalue weighted by Crippen LogP contribution is -2.35. The summed E-state index contributed by atoms with van der Waals surface area (Å²) >= 11 is 3.39. The van der Waals surface area contributed by atoms with Gasteiger partial charge in [0.05, 0.1) is 30.6 Å². The zero-order valence-electron chi connectivity index (χ0n) is 16.6. The number of hydrogen-bond acceptors (Lipinski definition) is 5. The first-order valence-electron chi connectivity index (χ1n) is 9.14. The van der Waals surface area contributed by atoms with Gasteiger partial charge in [-0.25, -0.2) is 4.98 Å². The van der Waals surface area contributed by atoms with Crippen LogP contribution in [0.15, 0.2) is 71.3 Å². The second-order valence-corrected chi connectivity index (χ2v) is 7.27. The van der Waals surface area contributed by atoms with Crippen LogP contribution in [0.4, 0.5) is 17.2 Å². The van der Waals surface area contributed by atoms with Gasteiger partial charge in [0, 0.05) is 17.7 Å². The number of pyridine rings is 1. The fourth-order valence-electron chi connectivity index (χ4n) is 2.80. The number of amides is 2. The molecule has 30 heavy (non-hydrogen) atoms. The number of para-hydroxylation sites is 3. The van der Waals surface area contributed by atoms with Gasteiger partial charge in [-0.05, 0) is 52.3 Å². The zero-order valence-corrected chi connectivity index (χ0v) is 18.1. The minimum atomic E-state index is -0.331. The third-order valence-electron chi connectivity index (χ3n) is 4.27. The van der Waals surface area contributed by atoms with Crippen molar-refractivity contribution in [3.63, 3.8) is 0 Å². The van der Waals surface area contributed by atoms with E-state index in [0.29, 0.717) is 28.5 Å². The second-order valence-electron chi connectivity index (χ2n) is 6.41. The van der Waals surface area contributed by atoms with Crippen molar-refractivity contribution in [2.75, 3.05) is 31.3 Å². The molecule has 3 rings (SSSR count). The fourth-order valence-corrected chi connectivity index (χ4v) is 3.18. The molecular formula is C22H21BrN4O3. The summed E-state index contributed by atoms with van der Waals surface area (Å²) in [6.07, 6.45) is 1.59. The van der Waals surface area contributed by atoms with E-state index in [1.807, 2.05) is 42.5 Å². The number of likely N-dealkylation sites (N-methyl/N-ethyl adjacent to an activating group) is 1. The first-order chi connectivity index (χ1) is 14.5. The van der Waals surface area contributed by atoms with Gasteiger partial charge in [-0.1, -0.05) is 24.3 Å². The number of hydrogen-bond donors (Lipinski definition) is 2. The first kappa shape index (κ1) is 21.3.